The minimum atomic E-state index is -0.398. The predicted molar refractivity (Wildman–Crippen MR) is 83.9 cm³/mol. The minimum absolute atomic E-state index is 0.0893. The number of benzene rings is 1. The first-order valence-corrected chi connectivity index (χ1v) is 6.58. The van der Waals surface area contributed by atoms with Crippen LogP contribution in [0, 0.1) is 0 Å². The van der Waals surface area contributed by atoms with Crippen molar-refractivity contribution in [1.82, 2.24) is 9.13 Å². The first-order valence-electron chi connectivity index (χ1n) is 6.17. The Balaban J connectivity index is 2.56. The first kappa shape index (κ1) is 15.0. The molecule has 0 aliphatic heterocycles. The Morgan fingerprint density at radius 3 is 2.67 bits per heavy atom. The monoisotopic (exact) mass is 305 g/mol. The summed E-state index contributed by atoms with van der Waals surface area (Å²) in [5, 5.41) is 0. The molecule has 0 spiro atoms. The highest BCUT2D eigenvalue weighted by molar-refractivity contribution is 7.80. The summed E-state index contributed by atoms with van der Waals surface area (Å²) >= 11 is 4.94. The van der Waals surface area contributed by atoms with Crippen molar-refractivity contribution in [2.75, 3.05) is 7.11 Å². The summed E-state index contributed by atoms with van der Waals surface area (Å²) in [5.41, 5.74) is 6.15. The Bertz CT molecular complexity index is 808. The maximum Gasteiger partial charge on any atom is 0.331 e. The van der Waals surface area contributed by atoms with Crippen LogP contribution in [0.4, 0.5) is 0 Å². The number of ether oxygens (including phenoxy) is 1. The largest absolute Gasteiger partial charge is 0.496 e. The molecule has 0 atom stereocenters. The SMILES string of the molecule is COc1ccc(C(N)=S)cc1Cn1c(=O)ccn(C)c1=O. The van der Waals surface area contributed by atoms with Crippen molar-refractivity contribution in [3.63, 3.8) is 0 Å². The molecule has 0 saturated carbocycles. The highest BCUT2D eigenvalue weighted by atomic mass is 32.1. The van der Waals surface area contributed by atoms with Crippen LogP contribution in [0.15, 0.2) is 40.1 Å². The average molecular weight is 305 g/mol. The van der Waals surface area contributed by atoms with Crippen LogP contribution < -0.4 is 21.7 Å². The van der Waals surface area contributed by atoms with E-state index in [0.29, 0.717) is 16.9 Å². The lowest BCUT2D eigenvalue weighted by molar-refractivity contribution is 0.407. The van der Waals surface area contributed by atoms with Crippen molar-refractivity contribution in [3.8, 4) is 5.75 Å². The Hall–Kier alpha value is -2.41. The van der Waals surface area contributed by atoms with Gasteiger partial charge in [-0.25, -0.2) is 4.79 Å². The zero-order chi connectivity index (χ0) is 15.6. The van der Waals surface area contributed by atoms with E-state index in [2.05, 4.69) is 0 Å². The Labute approximate surface area is 126 Å². The standard InChI is InChI=1S/C14H15N3O3S/c1-16-6-5-12(18)17(14(16)19)8-10-7-9(13(15)21)3-4-11(10)20-2/h3-7H,8H2,1-2H3,(H2,15,21). The van der Waals surface area contributed by atoms with Gasteiger partial charge in [0.05, 0.1) is 13.7 Å². The minimum Gasteiger partial charge on any atom is -0.496 e. The molecule has 2 N–H and O–H groups in total. The molecular weight excluding hydrogens is 290 g/mol. The average Bonchev–Trinajstić information content (AvgIpc) is 2.47. The van der Waals surface area contributed by atoms with Crippen molar-refractivity contribution in [2.45, 2.75) is 6.54 Å². The van der Waals surface area contributed by atoms with E-state index in [9.17, 15) is 9.59 Å². The summed E-state index contributed by atoms with van der Waals surface area (Å²) in [5.74, 6) is 0.563. The molecule has 0 fully saturated rings. The summed E-state index contributed by atoms with van der Waals surface area (Å²) in [6.07, 6.45) is 1.43. The van der Waals surface area contributed by atoms with Gasteiger partial charge in [-0.2, -0.15) is 0 Å². The van der Waals surface area contributed by atoms with Crippen LogP contribution in [0.25, 0.3) is 0 Å². The van der Waals surface area contributed by atoms with Crippen LogP contribution in [0.3, 0.4) is 0 Å². The summed E-state index contributed by atoms with van der Waals surface area (Å²) in [6.45, 7) is 0.0893. The molecular formula is C14H15N3O3S. The van der Waals surface area contributed by atoms with Crippen molar-refractivity contribution in [2.24, 2.45) is 12.8 Å². The van der Waals surface area contributed by atoms with E-state index in [1.165, 1.54) is 23.9 Å². The summed E-state index contributed by atoms with van der Waals surface area (Å²) in [7, 11) is 3.10. The molecule has 21 heavy (non-hydrogen) atoms. The lowest BCUT2D eigenvalue weighted by atomic mass is 10.1. The van der Waals surface area contributed by atoms with Crippen molar-refractivity contribution in [3.05, 3.63) is 62.4 Å². The van der Waals surface area contributed by atoms with Crippen LogP contribution in [0.5, 0.6) is 5.75 Å². The van der Waals surface area contributed by atoms with E-state index in [4.69, 9.17) is 22.7 Å². The number of thiocarbonyl (C=S) groups is 1. The van der Waals surface area contributed by atoms with Crippen LogP contribution in [0.1, 0.15) is 11.1 Å². The maximum absolute atomic E-state index is 12.0. The van der Waals surface area contributed by atoms with Gasteiger partial charge in [-0.1, -0.05) is 12.2 Å². The number of nitrogens with zero attached hydrogens (tertiary/aromatic N) is 2. The molecule has 1 aromatic carbocycles. The Morgan fingerprint density at radius 1 is 1.33 bits per heavy atom. The van der Waals surface area contributed by atoms with Gasteiger partial charge in [-0.05, 0) is 18.2 Å². The number of nitrogens with two attached hydrogens (primary N) is 1. The molecule has 2 rings (SSSR count). The quantitative estimate of drug-likeness (QED) is 0.819. The van der Waals surface area contributed by atoms with E-state index in [1.807, 2.05) is 0 Å². The smallest absolute Gasteiger partial charge is 0.331 e. The molecule has 110 valence electrons. The molecule has 0 saturated heterocycles. The van der Waals surface area contributed by atoms with Gasteiger partial charge in [-0.15, -0.1) is 0 Å². The maximum atomic E-state index is 12.0. The molecule has 2 aromatic rings. The van der Waals surface area contributed by atoms with E-state index >= 15 is 0 Å². The third kappa shape index (κ3) is 3.03. The van der Waals surface area contributed by atoms with Crippen LogP contribution in [-0.4, -0.2) is 21.2 Å². The van der Waals surface area contributed by atoms with E-state index in [-0.39, 0.29) is 17.1 Å². The number of aryl methyl sites for hydroxylation is 1. The second-order valence-corrected chi connectivity index (χ2v) is 4.96. The zero-order valence-corrected chi connectivity index (χ0v) is 12.5. The fraction of sp³-hybridized carbons (Fsp3) is 0.214. The van der Waals surface area contributed by atoms with Crippen LogP contribution >= 0.6 is 12.2 Å². The molecule has 1 heterocycles. The second kappa shape index (κ2) is 5.92. The van der Waals surface area contributed by atoms with Gasteiger partial charge in [0.15, 0.2) is 0 Å². The van der Waals surface area contributed by atoms with Crippen molar-refractivity contribution >= 4 is 17.2 Å². The van der Waals surface area contributed by atoms with Crippen LogP contribution in [0.2, 0.25) is 0 Å². The fourth-order valence-electron chi connectivity index (χ4n) is 1.99. The predicted octanol–water partition coefficient (Wildman–Crippen LogP) is 0.238. The molecule has 0 radical (unpaired) electrons. The van der Waals surface area contributed by atoms with E-state index in [0.717, 1.165) is 4.57 Å². The number of rotatable bonds is 4. The molecule has 1 aromatic heterocycles. The van der Waals surface area contributed by atoms with E-state index < -0.39 is 5.69 Å². The Kier molecular flexibility index (Phi) is 4.23. The van der Waals surface area contributed by atoms with Gasteiger partial charge in [0.1, 0.15) is 10.7 Å². The van der Waals surface area contributed by atoms with Gasteiger partial charge in [0, 0.05) is 30.4 Å². The highest BCUT2D eigenvalue weighted by Gasteiger charge is 2.10. The Morgan fingerprint density at radius 2 is 2.05 bits per heavy atom. The molecule has 0 unspecified atom stereocenters. The zero-order valence-electron chi connectivity index (χ0n) is 11.7. The molecule has 0 aliphatic carbocycles. The molecule has 0 aliphatic rings. The normalized spacial score (nSPS) is 10.4. The molecule has 0 bridgehead atoms. The van der Waals surface area contributed by atoms with Gasteiger partial charge >= 0.3 is 5.69 Å². The summed E-state index contributed by atoms with van der Waals surface area (Å²) < 4.78 is 7.72. The van der Waals surface area contributed by atoms with Gasteiger partial charge in [0.2, 0.25) is 0 Å². The topological polar surface area (TPSA) is 79.2 Å². The highest BCUT2D eigenvalue weighted by Crippen LogP contribution is 2.20. The lowest BCUT2D eigenvalue weighted by Gasteiger charge is -2.12. The molecule has 7 heteroatoms. The third-order valence-corrected chi connectivity index (χ3v) is 3.37. The van der Waals surface area contributed by atoms with Gasteiger partial charge in [0.25, 0.3) is 5.56 Å². The van der Waals surface area contributed by atoms with Gasteiger partial charge in [-0.3, -0.25) is 9.36 Å². The van der Waals surface area contributed by atoms with Gasteiger partial charge < -0.3 is 15.0 Å². The molecule has 6 nitrogen and oxygen atoms in total. The second-order valence-electron chi connectivity index (χ2n) is 4.52. The van der Waals surface area contributed by atoms with Crippen LogP contribution in [-0.2, 0) is 13.6 Å². The number of aromatic nitrogens is 2. The number of hydrogen-bond acceptors (Lipinski definition) is 4. The fourth-order valence-corrected chi connectivity index (χ4v) is 2.11. The van der Waals surface area contributed by atoms with Crippen molar-refractivity contribution < 1.29 is 4.74 Å². The van der Waals surface area contributed by atoms with Crippen molar-refractivity contribution in [1.29, 1.82) is 0 Å². The lowest BCUT2D eigenvalue weighted by Crippen LogP contribution is -2.38. The third-order valence-electron chi connectivity index (χ3n) is 3.13. The molecule has 0 amide bonds. The summed E-state index contributed by atoms with van der Waals surface area (Å²) in [4.78, 5) is 24.2. The van der Waals surface area contributed by atoms with E-state index in [1.54, 1.807) is 25.2 Å². The number of hydrogen-bond donors (Lipinski definition) is 1. The first-order chi connectivity index (χ1) is 9.93. The summed E-state index contributed by atoms with van der Waals surface area (Å²) in [6, 6.07) is 6.50. The number of methoxy groups -OCH3 is 1.